The second kappa shape index (κ2) is 11.3. The molecule has 0 spiro atoms. The van der Waals surface area contributed by atoms with Crippen molar-refractivity contribution >= 4 is 5.97 Å². The van der Waals surface area contributed by atoms with Gasteiger partial charge >= 0.3 is 12.1 Å². The SMILES string of the molecule is COc1ccc(C2OC[C@H](Cc3ccc(C(F)(F)F)cc3)[C@@H]2COC(=O)c2ccccc2C)cc1OC. The largest absolute Gasteiger partial charge is 0.493 e. The lowest BCUT2D eigenvalue weighted by molar-refractivity contribution is -0.137. The molecule has 196 valence electrons. The summed E-state index contributed by atoms with van der Waals surface area (Å²) in [7, 11) is 3.10. The van der Waals surface area contributed by atoms with Gasteiger partial charge in [-0.05, 0) is 66.3 Å². The van der Waals surface area contributed by atoms with Crippen molar-refractivity contribution in [2.24, 2.45) is 11.8 Å². The molecule has 3 atom stereocenters. The summed E-state index contributed by atoms with van der Waals surface area (Å²) < 4.78 is 61.7. The van der Waals surface area contributed by atoms with Crippen molar-refractivity contribution in [1.82, 2.24) is 0 Å². The molecule has 1 saturated heterocycles. The number of hydrogen-bond acceptors (Lipinski definition) is 5. The summed E-state index contributed by atoms with van der Waals surface area (Å²) in [4.78, 5) is 12.8. The number of esters is 1. The first-order chi connectivity index (χ1) is 17.7. The van der Waals surface area contributed by atoms with Gasteiger partial charge in [-0.15, -0.1) is 0 Å². The summed E-state index contributed by atoms with van der Waals surface area (Å²) in [6, 6.07) is 17.8. The molecule has 3 aromatic rings. The number of alkyl halides is 3. The molecule has 37 heavy (non-hydrogen) atoms. The van der Waals surface area contributed by atoms with Crippen LogP contribution in [0.25, 0.3) is 0 Å². The van der Waals surface area contributed by atoms with E-state index in [2.05, 4.69) is 0 Å². The highest BCUT2D eigenvalue weighted by atomic mass is 19.4. The van der Waals surface area contributed by atoms with E-state index >= 15 is 0 Å². The van der Waals surface area contributed by atoms with E-state index < -0.39 is 23.8 Å². The molecule has 1 heterocycles. The summed E-state index contributed by atoms with van der Waals surface area (Å²) in [5.41, 5.74) is 2.21. The van der Waals surface area contributed by atoms with E-state index in [0.29, 0.717) is 30.1 Å². The third-order valence-electron chi connectivity index (χ3n) is 6.77. The van der Waals surface area contributed by atoms with E-state index in [-0.39, 0.29) is 18.4 Å². The van der Waals surface area contributed by atoms with Gasteiger partial charge in [0.2, 0.25) is 0 Å². The number of aryl methyl sites for hydroxylation is 1. The Kier molecular flexibility index (Phi) is 8.07. The molecule has 5 nitrogen and oxygen atoms in total. The van der Waals surface area contributed by atoms with Crippen LogP contribution in [-0.2, 0) is 22.1 Å². The first-order valence-electron chi connectivity index (χ1n) is 11.9. The maximum atomic E-state index is 13.0. The Morgan fingerprint density at radius 2 is 1.68 bits per heavy atom. The minimum absolute atomic E-state index is 0.0838. The normalized spacial score (nSPS) is 19.5. The standard InChI is InChI=1S/C29H29F3O5/c1-18-6-4-5-7-23(18)28(33)37-17-24-21(14-19-8-11-22(12-9-19)29(30,31)32)16-36-27(24)20-10-13-25(34-2)26(15-20)35-3/h4-13,15,21,24,27H,14,16-17H2,1-3H3/t21-,24-,27?/m0/s1. The van der Waals surface area contributed by atoms with Crippen molar-refractivity contribution in [2.75, 3.05) is 27.4 Å². The van der Waals surface area contributed by atoms with Crippen molar-refractivity contribution in [3.63, 3.8) is 0 Å². The Morgan fingerprint density at radius 1 is 0.973 bits per heavy atom. The average Bonchev–Trinajstić information content (AvgIpc) is 3.29. The van der Waals surface area contributed by atoms with Gasteiger partial charge in [-0.1, -0.05) is 36.4 Å². The van der Waals surface area contributed by atoms with Gasteiger partial charge in [0.05, 0.1) is 44.7 Å². The van der Waals surface area contributed by atoms with E-state index in [0.717, 1.165) is 28.8 Å². The Bertz CT molecular complexity index is 1220. The predicted molar refractivity (Wildman–Crippen MR) is 132 cm³/mol. The Hall–Kier alpha value is -3.52. The zero-order valence-corrected chi connectivity index (χ0v) is 20.9. The van der Waals surface area contributed by atoms with Crippen LogP contribution in [0.2, 0.25) is 0 Å². The van der Waals surface area contributed by atoms with Crippen molar-refractivity contribution in [3.05, 3.63) is 94.5 Å². The van der Waals surface area contributed by atoms with Crippen LogP contribution < -0.4 is 9.47 Å². The third-order valence-corrected chi connectivity index (χ3v) is 6.77. The van der Waals surface area contributed by atoms with Gasteiger partial charge in [0, 0.05) is 5.92 Å². The molecule has 1 aliphatic heterocycles. The van der Waals surface area contributed by atoms with E-state index in [4.69, 9.17) is 18.9 Å². The molecule has 0 radical (unpaired) electrons. The van der Waals surface area contributed by atoms with Gasteiger partial charge in [-0.3, -0.25) is 0 Å². The smallest absolute Gasteiger partial charge is 0.416 e. The molecule has 0 aromatic heterocycles. The monoisotopic (exact) mass is 514 g/mol. The number of ether oxygens (including phenoxy) is 4. The molecule has 3 aromatic carbocycles. The van der Waals surface area contributed by atoms with Crippen LogP contribution in [0.15, 0.2) is 66.7 Å². The molecule has 1 fully saturated rings. The summed E-state index contributed by atoms with van der Waals surface area (Å²) >= 11 is 0. The Morgan fingerprint density at radius 3 is 2.32 bits per heavy atom. The zero-order valence-electron chi connectivity index (χ0n) is 20.9. The van der Waals surface area contributed by atoms with Crippen LogP contribution in [-0.4, -0.2) is 33.4 Å². The zero-order chi connectivity index (χ0) is 26.6. The minimum atomic E-state index is -4.39. The molecule has 0 N–H and O–H groups in total. The fourth-order valence-electron chi connectivity index (χ4n) is 4.71. The van der Waals surface area contributed by atoms with Crippen LogP contribution in [0.4, 0.5) is 13.2 Å². The number of methoxy groups -OCH3 is 2. The van der Waals surface area contributed by atoms with Crippen molar-refractivity contribution in [1.29, 1.82) is 0 Å². The topological polar surface area (TPSA) is 54.0 Å². The number of carbonyl (C=O) groups is 1. The Balaban J connectivity index is 1.57. The highest BCUT2D eigenvalue weighted by molar-refractivity contribution is 5.90. The van der Waals surface area contributed by atoms with Gasteiger partial charge in [0.15, 0.2) is 11.5 Å². The fraction of sp³-hybridized carbons (Fsp3) is 0.345. The predicted octanol–water partition coefficient (Wildman–Crippen LogP) is 6.43. The number of benzene rings is 3. The van der Waals surface area contributed by atoms with Crippen LogP contribution >= 0.6 is 0 Å². The second-order valence-electron chi connectivity index (χ2n) is 9.10. The van der Waals surface area contributed by atoms with E-state index in [9.17, 15) is 18.0 Å². The summed E-state index contributed by atoms with van der Waals surface area (Å²) in [5.74, 6) is 0.385. The maximum absolute atomic E-state index is 13.0. The number of carbonyl (C=O) groups excluding carboxylic acids is 1. The van der Waals surface area contributed by atoms with E-state index in [1.54, 1.807) is 32.4 Å². The van der Waals surface area contributed by atoms with Crippen LogP contribution in [0, 0.1) is 18.8 Å². The fourth-order valence-corrected chi connectivity index (χ4v) is 4.71. The molecule has 8 heteroatoms. The number of rotatable bonds is 8. The third kappa shape index (κ3) is 6.07. The van der Waals surface area contributed by atoms with Crippen LogP contribution in [0.5, 0.6) is 11.5 Å². The molecule has 0 saturated carbocycles. The van der Waals surface area contributed by atoms with Gasteiger partial charge in [-0.25, -0.2) is 4.79 Å². The number of hydrogen-bond donors (Lipinski definition) is 0. The molecule has 0 bridgehead atoms. The highest BCUT2D eigenvalue weighted by Crippen LogP contribution is 2.43. The summed E-state index contributed by atoms with van der Waals surface area (Å²) in [6.07, 6.45) is -4.31. The van der Waals surface area contributed by atoms with Crippen LogP contribution in [0.3, 0.4) is 0 Å². The minimum Gasteiger partial charge on any atom is -0.493 e. The van der Waals surface area contributed by atoms with Gasteiger partial charge in [0.1, 0.15) is 0 Å². The van der Waals surface area contributed by atoms with Crippen molar-refractivity contribution < 1.29 is 36.9 Å². The molecular formula is C29H29F3O5. The maximum Gasteiger partial charge on any atom is 0.416 e. The second-order valence-corrected chi connectivity index (χ2v) is 9.10. The summed E-state index contributed by atoms with van der Waals surface area (Å²) in [6.45, 7) is 2.30. The molecule has 4 rings (SSSR count). The quantitative estimate of drug-likeness (QED) is 0.324. The molecular weight excluding hydrogens is 485 g/mol. The van der Waals surface area contributed by atoms with E-state index in [1.807, 2.05) is 31.2 Å². The first-order valence-corrected chi connectivity index (χ1v) is 11.9. The lowest BCUT2D eigenvalue weighted by Gasteiger charge is -2.24. The molecule has 0 aliphatic carbocycles. The summed E-state index contributed by atoms with van der Waals surface area (Å²) in [5, 5.41) is 0. The average molecular weight is 515 g/mol. The van der Waals surface area contributed by atoms with Gasteiger partial charge in [-0.2, -0.15) is 13.2 Å². The van der Waals surface area contributed by atoms with E-state index in [1.165, 1.54) is 12.1 Å². The Labute approximate surface area is 214 Å². The number of halogens is 3. The molecule has 1 aliphatic rings. The van der Waals surface area contributed by atoms with Crippen molar-refractivity contribution in [2.45, 2.75) is 25.6 Å². The van der Waals surface area contributed by atoms with Crippen molar-refractivity contribution in [3.8, 4) is 11.5 Å². The van der Waals surface area contributed by atoms with Crippen LogP contribution in [0.1, 0.15) is 38.7 Å². The lowest BCUT2D eigenvalue weighted by atomic mass is 9.84. The first kappa shape index (κ1) is 26.5. The highest BCUT2D eigenvalue weighted by Gasteiger charge is 2.40. The van der Waals surface area contributed by atoms with Gasteiger partial charge in [0.25, 0.3) is 0 Å². The molecule has 1 unspecified atom stereocenters. The molecule has 0 amide bonds. The van der Waals surface area contributed by atoms with Gasteiger partial charge < -0.3 is 18.9 Å². The lowest BCUT2D eigenvalue weighted by Crippen LogP contribution is -2.24.